The van der Waals surface area contributed by atoms with Gasteiger partial charge in [-0.3, -0.25) is 14.7 Å². The van der Waals surface area contributed by atoms with Gasteiger partial charge in [-0.2, -0.15) is 0 Å². The molecule has 2 aliphatic rings. The van der Waals surface area contributed by atoms with E-state index in [4.69, 9.17) is 0 Å². The van der Waals surface area contributed by atoms with Crippen LogP contribution in [0.15, 0.2) is 37.2 Å². The number of aromatic nitrogens is 5. The molecule has 32 heavy (non-hydrogen) atoms. The zero-order chi connectivity index (χ0) is 22.6. The number of anilines is 1. The number of carbonyl (C=O) groups is 1. The van der Waals surface area contributed by atoms with Gasteiger partial charge < -0.3 is 9.67 Å². The van der Waals surface area contributed by atoms with Gasteiger partial charge >= 0.3 is 0 Å². The molecule has 0 bridgehead atoms. The Morgan fingerprint density at radius 3 is 2.75 bits per heavy atom. The van der Waals surface area contributed by atoms with Gasteiger partial charge in [0.1, 0.15) is 17.6 Å². The highest BCUT2D eigenvalue weighted by atomic mass is 16.3. The van der Waals surface area contributed by atoms with E-state index >= 15 is 0 Å². The highest BCUT2D eigenvalue weighted by Crippen LogP contribution is 2.52. The molecule has 168 valence electrons. The maximum absolute atomic E-state index is 13.0. The van der Waals surface area contributed by atoms with Gasteiger partial charge in [0, 0.05) is 37.3 Å². The van der Waals surface area contributed by atoms with E-state index in [9.17, 15) is 9.90 Å². The number of hydrogen-bond acceptors (Lipinski definition) is 6. The van der Waals surface area contributed by atoms with E-state index in [1.54, 1.807) is 37.5 Å². The van der Waals surface area contributed by atoms with Crippen LogP contribution in [0.25, 0.3) is 11.0 Å². The van der Waals surface area contributed by atoms with Crippen LogP contribution in [-0.4, -0.2) is 42.1 Å². The second-order valence-electron chi connectivity index (χ2n) is 10.6. The molecule has 1 aliphatic carbocycles. The summed E-state index contributed by atoms with van der Waals surface area (Å²) in [7, 11) is 0. The molecule has 2 atom stereocenters. The molecule has 1 saturated carbocycles. The van der Waals surface area contributed by atoms with Crippen molar-refractivity contribution in [3.8, 4) is 0 Å². The number of carbonyl (C=O) groups excluding carboxylic acids is 1. The number of fused-ring (bicyclic) bond motifs is 1. The third-order valence-corrected chi connectivity index (χ3v) is 7.13. The van der Waals surface area contributed by atoms with Crippen molar-refractivity contribution in [1.82, 2.24) is 24.5 Å². The molecule has 0 aromatic carbocycles. The van der Waals surface area contributed by atoms with Crippen molar-refractivity contribution in [2.75, 3.05) is 11.4 Å². The Balaban J connectivity index is 1.35. The van der Waals surface area contributed by atoms with E-state index in [2.05, 4.69) is 43.7 Å². The first kappa shape index (κ1) is 21.0. The number of rotatable bonds is 4. The predicted octanol–water partition coefficient (Wildman–Crippen LogP) is 3.45. The summed E-state index contributed by atoms with van der Waals surface area (Å²) in [6, 6.07) is 2.06. The summed E-state index contributed by atoms with van der Waals surface area (Å²) in [4.78, 5) is 32.2. The molecule has 0 radical (unpaired) electrons. The molecule has 0 unspecified atom stereocenters. The van der Waals surface area contributed by atoms with Crippen molar-refractivity contribution in [2.24, 2.45) is 10.8 Å². The van der Waals surface area contributed by atoms with Crippen molar-refractivity contribution in [2.45, 2.75) is 65.0 Å². The summed E-state index contributed by atoms with van der Waals surface area (Å²) < 4.78 is 2.23. The lowest BCUT2D eigenvalue weighted by Crippen LogP contribution is -2.39. The monoisotopic (exact) mass is 434 g/mol. The summed E-state index contributed by atoms with van der Waals surface area (Å²) in [6.07, 6.45) is 13.5. The Morgan fingerprint density at radius 1 is 1.16 bits per heavy atom. The molecule has 3 aromatic heterocycles. The molecular formula is C24H30N6O2. The van der Waals surface area contributed by atoms with Gasteiger partial charge in [-0.1, -0.05) is 13.3 Å². The standard InChI is InChI=1S/C24H30N6O2/c1-22(2,32)18-11-27-19(12-26-18)30-15-24(9-20(30)31)7-4-6-23(3,13-24)14-29-8-5-17-10-25-16-28-21(17)29/h5,8,10-12,16,32H,4,6-7,9,13-15H2,1-3H3/t23-,24+/m0/s1. The van der Waals surface area contributed by atoms with Gasteiger partial charge in [-0.15, -0.1) is 0 Å². The van der Waals surface area contributed by atoms with E-state index in [-0.39, 0.29) is 16.7 Å². The maximum Gasteiger partial charge on any atom is 0.228 e. The van der Waals surface area contributed by atoms with Crippen LogP contribution in [0, 0.1) is 10.8 Å². The number of aliphatic hydroxyl groups is 1. The highest BCUT2D eigenvalue weighted by molar-refractivity contribution is 5.95. The summed E-state index contributed by atoms with van der Waals surface area (Å²) in [6.45, 7) is 7.24. The molecule has 1 N–H and O–H groups in total. The second-order valence-corrected chi connectivity index (χ2v) is 10.6. The minimum absolute atomic E-state index is 0.0430. The van der Waals surface area contributed by atoms with Crippen LogP contribution in [0.2, 0.25) is 0 Å². The van der Waals surface area contributed by atoms with Crippen molar-refractivity contribution in [3.63, 3.8) is 0 Å². The molecule has 2 fully saturated rings. The first-order chi connectivity index (χ1) is 15.2. The molecule has 4 heterocycles. The highest BCUT2D eigenvalue weighted by Gasteiger charge is 2.50. The molecule has 8 nitrogen and oxygen atoms in total. The minimum atomic E-state index is -1.06. The van der Waals surface area contributed by atoms with Crippen molar-refractivity contribution < 1.29 is 9.90 Å². The lowest BCUT2D eigenvalue weighted by molar-refractivity contribution is -0.118. The topological polar surface area (TPSA) is 97.0 Å². The Morgan fingerprint density at radius 2 is 2.00 bits per heavy atom. The van der Waals surface area contributed by atoms with E-state index < -0.39 is 5.60 Å². The fourth-order valence-electron chi connectivity index (χ4n) is 5.75. The molecule has 1 spiro atoms. The third-order valence-electron chi connectivity index (χ3n) is 7.13. The molecular weight excluding hydrogens is 404 g/mol. The van der Waals surface area contributed by atoms with Gasteiger partial charge in [0.15, 0.2) is 5.82 Å². The summed E-state index contributed by atoms with van der Waals surface area (Å²) >= 11 is 0. The molecule has 5 rings (SSSR count). The molecule has 1 amide bonds. The van der Waals surface area contributed by atoms with Crippen LogP contribution in [0.5, 0.6) is 0 Å². The van der Waals surface area contributed by atoms with Crippen molar-refractivity contribution in [3.05, 3.63) is 42.9 Å². The van der Waals surface area contributed by atoms with Crippen LogP contribution >= 0.6 is 0 Å². The quantitative estimate of drug-likeness (QED) is 0.675. The minimum Gasteiger partial charge on any atom is -0.384 e. The largest absolute Gasteiger partial charge is 0.384 e. The van der Waals surface area contributed by atoms with E-state index in [0.717, 1.165) is 43.3 Å². The Labute approximate surface area is 187 Å². The van der Waals surface area contributed by atoms with Crippen LogP contribution in [0.4, 0.5) is 5.82 Å². The lowest BCUT2D eigenvalue weighted by atomic mass is 9.62. The second kappa shape index (κ2) is 7.33. The van der Waals surface area contributed by atoms with Crippen LogP contribution in [0.3, 0.4) is 0 Å². The van der Waals surface area contributed by atoms with Crippen molar-refractivity contribution in [1.29, 1.82) is 0 Å². The lowest BCUT2D eigenvalue weighted by Gasteiger charge is -2.44. The number of nitrogens with zero attached hydrogens (tertiary/aromatic N) is 6. The van der Waals surface area contributed by atoms with Gasteiger partial charge in [-0.05, 0) is 50.0 Å². The van der Waals surface area contributed by atoms with Crippen LogP contribution < -0.4 is 4.90 Å². The molecule has 1 saturated heterocycles. The fraction of sp³-hybridized carbons (Fsp3) is 0.542. The summed E-state index contributed by atoms with van der Waals surface area (Å²) in [5.41, 5.74) is 0.448. The predicted molar refractivity (Wildman–Crippen MR) is 121 cm³/mol. The van der Waals surface area contributed by atoms with Crippen LogP contribution in [-0.2, 0) is 16.9 Å². The number of hydrogen-bond donors (Lipinski definition) is 1. The first-order valence-corrected chi connectivity index (χ1v) is 11.3. The zero-order valence-electron chi connectivity index (χ0n) is 19.0. The van der Waals surface area contributed by atoms with Crippen molar-refractivity contribution >= 4 is 22.8 Å². The smallest absolute Gasteiger partial charge is 0.228 e. The summed E-state index contributed by atoms with van der Waals surface area (Å²) in [5.74, 6) is 0.680. The average Bonchev–Trinajstić information content (AvgIpc) is 3.28. The fourth-order valence-corrected chi connectivity index (χ4v) is 5.75. The average molecular weight is 435 g/mol. The maximum atomic E-state index is 13.0. The number of amides is 1. The summed E-state index contributed by atoms with van der Waals surface area (Å²) in [5, 5.41) is 11.2. The Bertz CT molecular complexity index is 1150. The molecule has 3 aromatic rings. The van der Waals surface area contributed by atoms with Gasteiger partial charge in [-0.25, -0.2) is 15.0 Å². The molecule has 1 aliphatic heterocycles. The van der Waals surface area contributed by atoms with E-state index in [1.807, 2.05) is 6.20 Å². The van der Waals surface area contributed by atoms with Gasteiger partial charge in [0.2, 0.25) is 5.91 Å². The zero-order valence-corrected chi connectivity index (χ0v) is 19.0. The van der Waals surface area contributed by atoms with Crippen LogP contribution in [0.1, 0.15) is 58.6 Å². The normalized spacial score (nSPS) is 26.4. The van der Waals surface area contributed by atoms with Gasteiger partial charge in [0.25, 0.3) is 0 Å². The Hall–Kier alpha value is -2.87. The van der Waals surface area contributed by atoms with Gasteiger partial charge in [0.05, 0.1) is 18.1 Å². The third kappa shape index (κ3) is 3.77. The first-order valence-electron chi connectivity index (χ1n) is 11.3. The SMILES string of the molecule is CC(C)(O)c1cnc(N2C[C@]3(CCC[C@](C)(Cn4ccc5cncnc54)C3)CC2=O)cn1. The molecule has 8 heteroatoms. The Kier molecular flexibility index (Phi) is 4.81. The van der Waals surface area contributed by atoms with E-state index in [1.165, 1.54) is 0 Å². The van der Waals surface area contributed by atoms with E-state index in [0.29, 0.717) is 24.5 Å².